The van der Waals surface area contributed by atoms with Crippen LogP contribution < -0.4 is 4.74 Å². The molecule has 0 radical (unpaired) electrons. The van der Waals surface area contributed by atoms with E-state index >= 15 is 0 Å². The molecule has 0 aliphatic carbocycles. The summed E-state index contributed by atoms with van der Waals surface area (Å²) in [4.78, 5) is 13.2. The maximum Gasteiger partial charge on any atom is 0.270 e. The number of hydrogen-bond donors (Lipinski definition) is 0. The molecule has 3 aromatic rings. The molecule has 0 bridgehead atoms. The van der Waals surface area contributed by atoms with Gasteiger partial charge in [-0.15, -0.1) is 5.10 Å². The summed E-state index contributed by atoms with van der Waals surface area (Å²) in [5, 5.41) is 16.5. The van der Waals surface area contributed by atoms with Gasteiger partial charge >= 0.3 is 0 Å². The molecule has 146 valence electrons. The van der Waals surface area contributed by atoms with Crippen molar-refractivity contribution < 1.29 is 9.66 Å². The number of nitro benzene ring substituents is 1. The van der Waals surface area contributed by atoms with Gasteiger partial charge in [0.2, 0.25) is 5.88 Å². The van der Waals surface area contributed by atoms with Crippen molar-refractivity contribution in [2.45, 2.75) is 25.8 Å². The van der Waals surface area contributed by atoms with Gasteiger partial charge in [0, 0.05) is 18.7 Å². The number of rotatable bonds is 7. The van der Waals surface area contributed by atoms with Crippen LogP contribution in [0.4, 0.5) is 5.69 Å². The van der Waals surface area contributed by atoms with Crippen LogP contribution in [0.15, 0.2) is 48.5 Å². The van der Waals surface area contributed by atoms with Gasteiger partial charge in [-0.25, -0.2) is 0 Å². The fourth-order valence-electron chi connectivity index (χ4n) is 3.69. The molecule has 0 spiro atoms. The maximum absolute atomic E-state index is 11.2. The van der Waals surface area contributed by atoms with Gasteiger partial charge in [0.15, 0.2) is 0 Å². The van der Waals surface area contributed by atoms with Crippen molar-refractivity contribution in [2.24, 2.45) is 0 Å². The lowest BCUT2D eigenvalue weighted by molar-refractivity contribution is -0.384. The quantitative estimate of drug-likeness (QED) is 0.460. The van der Waals surface area contributed by atoms with Gasteiger partial charge in [-0.1, -0.05) is 36.8 Å². The van der Waals surface area contributed by atoms with Gasteiger partial charge in [0.05, 0.1) is 22.4 Å². The maximum atomic E-state index is 11.2. The van der Waals surface area contributed by atoms with Crippen LogP contribution in [-0.2, 0) is 6.54 Å². The molecule has 7 nitrogen and oxygen atoms in total. The van der Waals surface area contributed by atoms with E-state index < -0.39 is 0 Å². The number of ether oxygens (including phenoxy) is 1. The van der Waals surface area contributed by atoms with Gasteiger partial charge in [0.25, 0.3) is 5.69 Å². The zero-order valence-electron chi connectivity index (χ0n) is 15.8. The van der Waals surface area contributed by atoms with E-state index in [9.17, 15) is 10.1 Å². The van der Waals surface area contributed by atoms with E-state index in [2.05, 4.69) is 10.00 Å². The number of piperidine rings is 1. The third kappa shape index (κ3) is 4.14. The van der Waals surface area contributed by atoms with E-state index in [0.29, 0.717) is 24.4 Å². The second kappa shape index (κ2) is 8.39. The Kier molecular flexibility index (Phi) is 5.53. The highest BCUT2D eigenvalue weighted by atomic mass is 16.6. The number of nitrogens with zero attached hydrogens (tertiary/aromatic N) is 4. The number of hydrogen-bond acceptors (Lipinski definition) is 5. The molecule has 0 unspecified atom stereocenters. The Morgan fingerprint density at radius 2 is 1.86 bits per heavy atom. The zero-order valence-corrected chi connectivity index (χ0v) is 15.8. The van der Waals surface area contributed by atoms with Gasteiger partial charge in [-0.05, 0) is 37.6 Å². The molecule has 28 heavy (non-hydrogen) atoms. The van der Waals surface area contributed by atoms with Crippen LogP contribution in [0.25, 0.3) is 10.9 Å². The molecule has 1 aliphatic heterocycles. The van der Waals surface area contributed by atoms with Crippen LogP contribution in [0.5, 0.6) is 5.88 Å². The molecule has 4 rings (SSSR count). The first-order chi connectivity index (χ1) is 13.7. The number of benzene rings is 2. The van der Waals surface area contributed by atoms with E-state index in [-0.39, 0.29) is 10.6 Å². The number of non-ortho nitro benzene ring substituents is 1. The van der Waals surface area contributed by atoms with E-state index in [0.717, 1.165) is 30.7 Å². The average molecular weight is 380 g/mol. The second-order valence-electron chi connectivity index (χ2n) is 7.16. The highest BCUT2D eigenvalue weighted by Crippen LogP contribution is 2.29. The standard InChI is InChI=1S/C21H24N4O3/c26-25(27)18-9-10-20-19(15-18)21(28-14-13-23-11-5-2-6-12-23)22-24(20)16-17-7-3-1-4-8-17/h1,3-4,7-10,15H,2,5-6,11-14,16H2. The predicted molar refractivity (Wildman–Crippen MR) is 108 cm³/mol. The minimum absolute atomic E-state index is 0.0487. The third-order valence-electron chi connectivity index (χ3n) is 5.18. The first kappa shape index (κ1) is 18.4. The zero-order chi connectivity index (χ0) is 19.3. The predicted octanol–water partition coefficient (Wildman–Crippen LogP) is 3.86. The fraction of sp³-hybridized carbons (Fsp3) is 0.381. The Morgan fingerprint density at radius 3 is 2.61 bits per heavy atom. The molecule has 7 heteroatoms. The van der Waals surface area contributed by atoms with Gasteiger partial charge in [-0.3, -0.25) is 19.7 Å². The second-order valence-corrected chi connectivity index (χ2v) is 7.16. The van der Waals surface area contributed by atoms with Crippen LogP contribution in [0.3, 0.4) is 0 Å². The molecule has 1 aromatic heterocycles. The van der Waals surface area contributed by atoms with E-state index in [1.54, 1.807) is 12.1 Å². The molecule has 0 atom stereocenters. The van der Waals surface area contributed by atoms with Crippen molar-refractivity contribution in [2.75, 3.05) is 26.2 Å². The van der Waals surface area contributed by atoms with Crippen LogP contribution in [0, 0.1) is 10.1 Å². The van der Waals surface area contributed by atoms with E-state index in [1.807, 2.05) is 35.0 Å². The first-order valence-electron chi connectivity index (χ1n) is 9.75. The summed E-state index contributed by atoms with van der Waals surface area (Å²) < 4.78 is 7.83. The average Bonchev–Trinajstić information content (AvgIpc) is 3.06. The topological polar surface area (TPSA) is 73.4 Å². The minimum Gasteiger partial charge on any atom is -0.475 e. The van der Waals surface area contributed by atoms with Crippen LogP contribution in [0.1, 0.15) is 24.8 Å². The molecule has 2 aromatic carbocycles. The minimum atomic E-state index is -0.383. The number of nitro groups is 1. The molecule has 0 saturated carbocycles. The van der Waals surface area contributed by atoms with Crippen molar-refractivity contribution in [3.05, 3.63) is 64.2 Å². The van der Waals surface area contributed by atoms with E-state index in [4.69, 9.17) is 4.74 Å². The Morgan fingerprint density at radius 1 is 1.07 bits per heavy atom. The van der Waals surface area contributed by atoms with Crippen LogP contribution >= 0.6 is 0 Å². The van der Waals surface area contributed by atoms with Crippen molar-refractivity contribution in [1.82, 2.24) is 14.7 Å². The smallest absolute Gasteiger partial charge is 0.270 e. The molecule has 1 fully saturated rings. The SMILES string of the molecule is O=[N+]([O-])c1ccc2c(c1)c(OCCN1CCCCC1)nn2Cc1ccccc1. The van der Waals surface area contributed by atoms with Crippen molar-refractivity contribution >= 4 is 16.6 Å². The number of aromatic nitrogens is 2. The summed E-state index contributed by atoms with van der Waals surface area (Å²) in [6.07, 6.45) is 3.78. The first-order valence-corrected chi connectivity index (χ1v) is 9.75. The Hall–Kier alpha value is -2.93. The number of fused-ring (bicyclic) bond motifs is 1. The van der Waals surface area contributed by atoms with Crippen molar-refractivity contribution in [1.29, 1.82) is 0 Å². The highest BCUT2D eigenvalue weighted by molar-refractivity contribution is 5.86. The molecule has 0 N–H and O–H groups in total. The largest absolute Gasteiger partial charge is 0.475 e. The Bertz CT molecular complexity index is 949. The normalized spacial score (nSPS) is 15.0. The molecule has 0 amide bonds. The molecule has 2 heterocycles. The van der Waals surface area contributed by atoms with Crippen molar-refractivity contribution in [3.63, 3.8) is 0 Å². The fourth-order valence-corrected chi connectivity index (χ4v) is 3.69. The third-order valence-corrected chi connectivity index (χ3v) is 5.18. The monoisotopic (exact) mass is 380 g/mol. The summed E-state index contributed by atoms with van der Waals surface area (Å²) in [5.41, 5.74) is 2.00. The van der Waals surface area contributed by atoms with Gasteiger partial charge in [0.1, 0.15) is 6.61 Å². The van der Waals surface area contributed by atoms with E-state index in [1.165, 1.54) is 25.3 Å². The summed E-state index contributed by atoms with van der Waals surface area (Å²) in [5.74, 6) is 0.464. The molecular formula is C21H24N4O3. The van der Waals surface area contributed by atoms with Crippen LogP contribution in [0.2, 0.25) is 0 Å². The summed E-state index contributed by atoms with van der Waals surface area (Å²) >= 11 is 0. The highest BCUT2D eigenvalue weighted by Gasteiger charge is 2.17. The van der Waals surface area contributed by atoms with Crippen LogP contribution in [-0.4, -0.2) is 45.8 Å². The molecule has 1 saturated heterocycles. The molecule has 1 aliphatic rings. The summed E-state index contributed by atoms with van der Waals surface area (Å²) in [6.45, 7) is 4.18. The van der Waals surface area contributed by atoms with Crippen molar-refractivity contribution in [3.8, 4) is 5.88 Å². The molecular weight excluding hydrogens is 356 g/mol. The Labute approximate surface area is 163 Å². The van der Waals surface area contributed by atoms with Gasteiger partial charge < -0.3 is 4.74 Å². The summed E-state index contributed by atoms with van der Waals surface area (Å²) in [7, 11) is 0. The lowest BCUT2D eigenvalue weighted by Gasteiger charge is -2.25. The Balaban J connectivity index is 1.57. The number of likely N-dealkylation sites (tertiary alicyclic amines) is 1. The van der Waals surface area contributed by atoms with Gasteiger partial charge in [-0.2, -0.15) is 0 Å². The lowest BCUT2D eigenvalue weighted by atomic mass is 10.1. The summed E-state index contributed by atoms with van der Waals surface area (Å²) in [6, 6.07) is 14.8. The lowest BCUT2D eigenvalue weighted by Crippen LogP contribution is -2.33.